The molecule has 0 heterocycles. The fraction of sp³-hybridized carbons (Fsp3) is 0.300. The second-order valence-electron chi connectivity index (χ2n) is 5.99. The lowest BCUT2D eigenvalue weighted by atomic mass is 10.2. The fourth-order valence-corrected chi connectivity index (χ4v) is 2.29. The summed E-state index contributed by atoms with van der Waals surface area (Å²) in [5.41, 5.74) is 1.68. The van der Waals surface area contributed by atoms with Crippen molar-refractivity contribution in [3.63, 3.8) is 0 Å². The monoisotopic (exact) mass is 340 g/mol. The SMILES string of the molecule is CCCC(=O)Nc1ccccc1NC(=O)c1ccc(OC(C)C)cc1. The van der Waals surface area contributed by atoms with E-state index in [1.54, 1.807) is 36.4 Å². The summed E-state index contributed by atoms with van der Waals surface area (Å²) in [4.78, 5) is 24.3. The molecule has 0 atom stereocenters. The molecule has 25 heavy (non-hydrogen) atoms. The van der Waals surface area contributed by atoms with Gasteiger partial charge in [0.2, 0.25) is 5.91 Å². The average molecular weight is 340 g/mol. The second kappa shape index (κ2) is 8.87. The lowest BCUT2D eigenvalue weighted by Crippen LogP contribution is -2.16. The van der Waals surface area contributed by atoms with Gasteiger partial charge in [0, 0.05) is 12.0 Å². The highest BCUT2D eigenvalue weighted by Crippen LogP contribution is 2.22. The molecule has 0 unspecified atom stereocenters. The van der Waals surface area contributed by atoms with Crippen molar-refractivity contribution < 1.29 is 14.3 Å². The van der Waals surface area contributed by atoms with E-state index in [4.69, 9.17) is 4.74 Å². The average Bonchev–Trinajstić information content (AvgIpc) is 2.57. The maximum absolute atomic E-state index is 12.4. The summed E-state index contributed by atoms with van der Waals surface area (Å²) in [6.45, 7) is 5.84. The van der Waals surface area contributed by atoms with E-state index < -0.39 is 0 Å². The van der Waals surface area contributed by atoms with Crippen molar-refractivity contribution >= 4 is 23.2 Å². The van der Waals surface area contributed by atoms with Crippen LogP contribution in [0.25, 0.3) is 0 Å². The molecule has 2 N–H and O–H groups in total. The van der Waals surface area contributed by atoms with E-state index in [1.807, 2.05) is 32.9 Å². The summed E-state index contributed by atoms with van der Waals surface area (Å²) >= 11 is 0. The third-order valence-electron chi connectivity index (χ3n) is 3.41. The minimum atomic E-state index is -0.242. The normalized spacial score (nSPS) is 10.4. The number of para-hydroxylation sites is 2. The zero-order chi connectivity index (χ0) is 18.2. The topological polar surface area (TPSA) is 67.4 Å². The molecule has 0 aliphatic heterocycles. The van der Waals surface area contributed by atoms with E-state index in [-0.39, 0.29) is 17.9 Å². The predicted octanol–water partition coefficient (Wildman–Crippen LogP) is 4.46. The molecular formula is C20H24N2O3. The molecule has 2 rings (SSSR count). The third kappa shape index (κ3) is 5.64. The lowest BCUT2D eigenvalue weighted by Gasteiger charge is -2.13. The molecule has 0 radical (unpaired) electrons. The first-order valence-corrected chi connectivity index (χ1v) is 8.46. The number of anilines is 2. The van der Waals surface area contributed by atoms with Crippen LogP contribution in [0.15, 0.2) is 48.5 Å². The van der Waals surface area contributed by atoms with E-state index in [0.717, 1.165) is 12.2 Å². The van der Waals surface area contributed by atoms with Crippen LogP contribution in [0.4, 0.5) is 11.4 Å². The van der Waals surface area contributed by atoms with Crippen LogP contribution in [0, 0.1) is 0 Å². The van der Waals surface area contributed by atoms with Crippen LogP contribution in [-0.4, -0.2) is 17.9 Å². The number of nitrogens with one attached hydrogen (secondary N) is 2. The van der Waals surface area contributed by atoms with Crippen LogP contribution >= 0.6 is 0 Å². The zero-order valence-electron chi connectivity index (χ0n) is 14.8. The van der Waals surface area contributed by atoms with Crippen molar-refractivity contribution in [1.82, 2.24) is 0 Å². The van der Waals surface area contributed by atoms with Crippen molar-refractivity contribution in [3.8, 4) is 5.75 Å². The Bertz CT molecular complexity index is 724. The third-order valence-corrected chi connectivity index (χ3v) is 3.41. The summed E-state index contributed by atoms with van der Waals surface area (Å²) < 4.78 is 5.57. The van der Waals surface area contributed by atoms with Gasteiger partial charge in [0.15, 0.2) is 0 Å². The molecule has 0 bridgehead atoms. The molecule has 5 heteroatoms. The first-order chi connectivity index (χ1) is 12.0. The van der Waals surface area contributed by atoms with Gasteiger partial charge in [-0.2, -0.15) is 0 Å². The van der Waals surface area contributed by atoms with E-state index in [0.29, 0.717) is 23.4 Å². The second-order valence-corrected chi connectivity index (χ2v) is 5.99. The smallest absolute Gasteiger partial charge is 0.255 e. The maximum Gasteiger partial charge on any atom is 0.255 e. The summed E-state index contributed by atoms with van der Waals surface area (Å²) in [5.74, 6) is 0.409. The number of carbonyl (C=O) groups excluding carboxylic acids is 2. The number of amides is 2. The van der Waals surface area contributed by atoms with Crippen molar-refractivity contribution in [2.45, 2.75) is 39.7 Å². The first kappa shape index (κ1) is 18.5. The number of ether oxygens (including phenoxy) is 1. The van der Waals surface area contributed by atoms with Crippen LogP contribution < -0.4 is 15.4 Å². The molecule has 2 aromatic rings. The Labute approximate surface area is 148 Å². The van der Waals surface area contributed by atoms with Crippen LogP contribution in [0.2, 0.25) is 0 Å². The summed E-state index contributed by atoms with van der Waals surface area (Å²) in [5, 5.41) is 5.67. The van der Waals surface area contributed by atoms with Gasteiger partial charge in [-0.25, -0.2) is 0 Å². The fourth-order valence-electron chi connectivity index (χ4n) is 2.29. The van der Waals surface area contributed by atoms with Gasteiger partial charge in [-0.1, -0.05) is 19.1 Å². The molecule has 5 nitrogen and oxygen atoms in total. The Hall–Kier alpha value is -2.82. The number of rotatable bonds is 7. The van der Waals surface area contributed by atoms with Gasteiger partial charge in [0.1, 0.15) is 5.75 Å². The molecule has 0 aliphatic rings. The van der Waals surface area contributed by atoms with Gasteiger partial charge >= 0.3 is 0 Å². The molecule has 0 aliphatic carbocycles. The minimum absolute atomic E-state index is 0.0700. The molecule has 0 fully saturated rings. The number of carbonyl (C=O) groups is 2. The van der Waals surface area contributed by atoms with Crippen LogP contribution in [0.3, 0.4) is 0 Å². The van der Waals surface area contributed by atoms with Crippen molar-refractivity contribution in [2.75, 3.05) is 10.6 Å². The predicted molar refractivity (Wildman–Crippen MR) is 100 cm³/mol. The Balaban J connectivity index is 2.08. The van der Waals surface area contributed by atoms with E-state index in [2.05, 4.69) is 10.6 Å². The Morgan fingerprint density at radius 1 is 0.960 bits per heavy atom. The summed E-state index contributed by atoms with van der Waals surface area (Å²) in [6, 6.07) is 14.1. The van der Waals surface area contributed by atoms with Crippen molar-refractivity contribution in [2.24, 2.45) is 0 Å². The van der Waals surface area contributed by atoms with Gasteiger partial charge in [-0.15, -0.1) is 0 Å². The quantitative estimate of drug-likeness (QED) is 0.782. The van der Waals surface area contributed by atoms with Crippen molar-refractivity contribution in [3.05, 3.63) is 54.1 Å². The molecule has 2 aromatic carbocycles. The van der Waals surface area contributed by atoms with Gasteiger partial charge in [-0.05, 0) is 56.7 Å². The highest BCUT2D eigenvalue weighted by atomic mass is 16.5. The maximum atomic E-state index is 12.4. The Kier molecular flexibility index (Phi) is 6.57. The van der Waals surface area contributed by atoms with E-state index in [1.165, 1.54) is 0 Å². The molecule has 0 spiro atoms. The largest absolute Gasteiger partial charge is 0.491 e. The molecule has 0 saturated heterocycles. The number of benzene rings is 2. The van der Waals surface area contributed by atoms with Gasteiger partial charge in [0.25, 0.3) is 5.91 Å². The van der Waals surface area contributed by atoms with E-state index >= 15 is 0 Å². The minimum Gasteiger partial charge on any atom is -0.491 e. The standard InChI is InChI=1S/C20H24N2O3/c1-4-7-19(23)21-17-8-5-6-9-18(17)22-20(24)15-10-12-16(13-11-15)25-14(2)3/h5-6,8-14H,4,7H2,1-3H3,(H,21,23)(H,22,24). The zero-order valence-corrected chi connectivity index (χ0v) is 14.8. The molecule has 132 valence electrons. The molecule has 0 saturated carbocycles. The highest BCUT2D eigenvalue weighted by Gasteiger charge is 2.11. The Morgan fingerprint density at radius 2 is 1.56 bits per heavy atom. The van der Waals surface area contributed by atoms with Crippen molar-refractivity contribution in [1.29, 1.82) is 0 Å². The van der Waals surface area contributed by atoms with E-state index in [9.17, 15) is 9.59 Å². The molecule has 0 aromatic heterocycles. The molecular weight excluding hydrogens is 316 g/mol. The van der Waals surface area contributed by atoms with Gasteiger partial charge in [-0.3, -0.25) is 9.59 Å². The lowest BCUT2D eigenvalue weighted by molar-refractivity contribution is -0.116. The number of hydrogen-bond acceptors (Lipinski definition) is 3. The molecule has 2 amide bonds. The van der Waals surface area contributed by atoms with Gasteiger partial charge in [0.05, 0.1) is 17.5 Å². The Morgan fingerprint density at radius 3 is 2.12 bits per heavy atom. The first-order valence-electron chi connectivity index (χ1n) is 8.46. The highest BCUT2D eigenvalue weighted by molar-refractivity contribution is 6.07. The van der Waals surface area contributed by atoms with Crippen LogP contribution in [0.5, 0.6) is 5.75 Å². The summed E-state index contributed by atoms with van der Waals surface area (Å²) in [6.07, 6.45) is 1.29. The van der Waals surface area contributed by atoms with Crippen LogP contribution in [0.1, 0.15) is 44.0 Å². The van der Waals surface area contributed by atoms with Crippen LogP contribution in [-0.2, 0) is 4.79 Å². The summed E-state index contributed by atoms with van der Waals surface area (Å²) in [7, 11) is 0. The number of hydrogen-bond donors (Lipinski definition) is 2. The van der Waals surface area contributed by atoms with Gasteiger partial charge < -0.3 is 15.4 Å².